The van der Waals surface area contributed by atoms with E-state index in [1.807, 2.05) is 13.8 Å². The van der Waals surface area contributed by atoms with Gasteiger partial charge in [0, 0.05) is 25.7 Å². The minimum Gasteiger partial charge on any atom is -0.368 e. The predicted octanol–water partition coefficient (Wildman–Crippen LogP) is 3.02. The average molecular weight is 383 g/mol. The number of hydrogen-bond donors (Lipinski definition) is 2. The van der Waals surface area contributed by atoms with Gasteiger partial charge in [-0.25, -0.2) is 0 Å². The van der Waals surface area contributed by atoms with Gasteiger partial charge in [0.05, 0.1) is 11.6 Å². The van der Waals surface area contributed by atoms with E-state index in [-0.39, 0.29) is 23.9 Å². The van der Waals surface area contributed by atoms with E-state index in [1.165, 1.54) is 0 Å². The van der Waals surface area contributed by atoms with E-state index in [0.717, 1.165) is 43.6 Å². The van der Waals surface area contributed by atoms with Gasteiger partial charge in [-0.05, 0) is 48.3 Å². The first-order chi connectivity index (χ1) is 12.6. The third-order valence-electron chi connectivity index (χ3n) is 5.99. The van der Waals surface area contributed by atoms with Crippen molar-refractivity contribution >= 4 is 5.91 Å². The van der Waals surface area contributed by atoms with Crippen LogP contribution in [-0.2, 0) is 17.5 Å². The standard InChI is InChI=1S/C20H28F3N3O/c1-12(2)18(19(24)27)25-17-8-5-14-10-26(11-16(14)17)9-13-3-6-15(7-4-13)20(21,22)23/h3-4,6-7,12,14,16-18,25H,5,8-11H2,1-2H3,(H2,24,27)/t14-,16+,17+,18+/m1/s1. The second-order valence-electron chi connectivity index (χ2n) is 8.29. The molecular formula is C20H28F3N3O. The third kappa shape index (κ3) is 4.63. The van der Waals surface area contributed by atoms with Gasteiger partial charge in [0.15, 0.2) is 0 Å². The molecule has 1 aliphatic carbocycles. The maximum absolute atomic E-state index is 12.7. The summed E-state index contributed by atoms with van der Waals surface area (Å²) in [4.78, 5) is 14.0. The molecule has 0 aromatic heterocycles. The molecule has 1 aliphatic heterocycles. The number of alkyl halides is 3. The SMILES string of the molecule is CC(C)[C@H](N[C@H]1CC[C@@H]2CN(Cc3ccc(C(F)(F)F)cc3)C[C@@H]21)C(N)=O. The lowest BCUT2D eigenvalue weighted by atomic mass is 9.95. The number of amides is 1. The van der Waals surface area contributed by atoms with Gasteiger partial charge in [-0.3, -0.25) is 9.69 Å². The molecule has 0 spiro atoms. The zero-order valence-corrected chi connectivity index (χ0v) is 15.8. The number of benzene rings is 1. The van der Waals surface area contributed by atoms with Crippen LogP contribution >= 0.6 is 0 Å². The van der Waals surface area contributed by atoms with Crippen molar-refractivity contribution in [2.45, 2.75) is 51.5 Å². The topological polar surface area (TPSA) is 58.4 Å². The number of primary amides is 1. The largest absolute Gasteiger partial charge is 0.416 e. The maximum Gasteiger partial charge on any atom is 0.416 e. The van der Waals surface area contributed by atoms with Crippen molar-refractivity contribution in [3.63, 3.8) is 0 Å². The predicted molar refractivity (Wildman–Crippen MR) is 97.7 cm³/mol. The summed E-state index contributed by atoms with van der Waals surface area (Å²) in [7, 11) is 0. The number of nitrogens with two attached hydrogens (primary N) is 1. The van der Waals surface area contributed by atoms with Gasteiger partial charge < -0.3 is 11.1 Å². The van der Waals surface area contributed by atoms with E-state index < -0.39 is 11.7 Å². The van der Waals surface area contributed by atoms with Crippen molar-refractivity contribution < 1.29 is 18.0 Å². The van der Waals surface area contributed by atoms with Crippen LogP contribution in [0.5, 0.6) is 0 Å². The second-order valence-corrected chi connectivity index (χ2v) is 8.29. The fourth-order valence-corrected chi connectivity index (χ4v) is 4.58. The Hall–Kier alpha value is -1.60. The lowest BCUT2D eigenvalue weighted by molar-refractivity contribution is -0.137. The first kappa shape index (κ1) is 20.1. The molecule has 4 atom stereocenters. The van der Waals surface area contributed by atoms with Crippen molar-refractivity contribution in [3.05, 3.63) is 35.4 Å². The van der Waals surface area contributed by atoms with E-state index >= 15 is 0 Å². The minimum atomic E-state index is -4.30. The molecular weight excluding hydrogens is 355 g/mol. The average Bonchev–Trinajstić information content (AvgIpc) is 3.12. The molecule has 150 valence electrons. The molecule has 1 amide bonds. The third-order valence-corrected chi connectivity index (χ3v) is 5.99. The fraction of sp³-hybridized carbons (Fsp3) is 0.650. The number of fused-ring (bicyclic) bond motifs is 1. The maximum atomic E-state index is 12.7. The van der Waals surface area contributed by atoms with Gasteiger partial charge in [-0.15, -0.1) is 0 Å². The molecule has 27 heavy (non-hydrogen) atoms. The number of carbonyl (C=O) groups excluding carboxylic acids is 1. The van der Waals surface area contributed by atoms with Crippen LogP contribution < -0.4 is 11.1 Å². The normalized spacial score (nSPS) is 27.1. The molecule has 1 saturated carbocycles. The van der Waals surface area contributed by atoms with Gasteiger partial charge in [0.25, 0.3) is 0 Å². The summed E-state index contributed by atoms with van der Waals surface area (Å²) in [6.07, 6.45) is -2.15. The summed E-state index contributed by atoms with van der Waals surface area (Å²) in [6, 6.07) is 5.38. The number of carbonyl (C=O) groups is 1. The number of nitrogens with one attached hydrogen (secondary N) is 1. The molecule has 2 aliphatic rings. The summed E-state index contributed by atoms with van der Waals surface area (Å²) in [5, 5.41) is 3.47. The Bertz CT molecular complexity index is 659. The minimum absolute atomic E-state index is 0.145. The molecule has 1 aromatic rings. The van der Waals surface area contributed by atoms with Crippen LogP contribution in [0.4, 0.5) is 13.2 Å². The van der Waals surface area contributed by atoms with Crippen LogP contribution in [0.25, 0.3) is 0 Å². The van der Waals surface area contributed by atoms with Gasteiger partial charge in [0.2, 0.25) is 5.91 Å². The van der Waals surface area contributed by atoms with E-state index in [2.05, 4.69) is 10.2 Å². The van der Waals surface area contributed by atoms with Crippen LogP contribution in [0.2, 0.25) is 0 Å². The molecule has 1 heterocycles. The Morgan fingerprint density at radius 1 is 1.22 bits per heavy atom. The monoisotopic (exact) mass is 383 g/mol. The van der Waals surface area contributed by atoms with Gasteiger partial charge in [0.1, 0.15) is 0 Å². The van der Waals surface area contributed by atoms with Crippen LogP contribution in [0.3, 0.4) is 0 Å². The van der Waals surface area contributed by atoms with Crippen LogP contribution in [0.1, 0.15) is 37.8 Å². The molecule has 1 saturated heterocycles. The Morgan fingerprint density at radius 2 is 1.89 bits per heavy atom. The lowest BCUT2D eigenvalue weighted by Gasteiger charge is -2.27. The molecule has 7 heteroatoms. The first-order valence-electron chi connectivity index (χ1n) is 9.59. The first-order valence-corrected chi connectivity index (χ1v) is 9.59. The van der Waals surface area contributed by atoms with Crippen molar-refractivity contribution in [2.24, 2.45) is 23.5 Å². The van der Waals surface area contributed by atoms with E-state index in [9.17, 15) is 18.0 Å². The zero-order chi connectivity index (χ0) is 19.8. The number of nitrogens with zero attached hydrogens (tertiary/aromatic N) is 1. The lowest BCUT2D eigenvalue weighted by Crippen LogP contribution is -2.51. The number of hydrogen-bond acceptors (Lipinski definition) is 3. The van der Waals surface area contributed by atoms with Gasteiger partial charge >= 0.3 is 6.18 Å². The number of rotatable bonds is 6. The Balaban J connectivity index is 1.59. The highest BCUT2D eigenvalue weighted by Gasteiger charge is 2.43. The molecule has 4 nitrogen and oxygen atoms in total. The summed E-state index contributed by atoms with van der Waals surface area (Å²) in [6.45, 7) is 6.47. The van der Waals surface area contributed by atoms with Crippen molar-refractivity contribution in [1.82, 2.24) is 10.2 Å². The quantitative estimate of drug-likeness (QED) is 0.794. The van der Waals surface area contributed by atoms with Crippen molar-refractivity contribution in [1.29, 1.82) is 0 Å². The summed E-state index contributed by atoms with van der Waals surface area (Å²) in [5.74, 6) is 0.858. The molecule has 0 unspecified atom stereocenters. The van der Waals surface area contributed by atoms with Crippen molar-refractivity contribution in [3.8, 4) is 0 Å². The highest BCUT2D eigenvalue weighted by Crippen LogP contribution is 2.39. The molecule has 3 N–H and O–H groups in total. The van der Waals surface area contributed by atoms with E-state index in [0.29, 0.717) is 18.4 Å². The molecule has 3 rings (SSSR count). The van der Waals surface area contributed by atoms with E-state index in [1.54, 1.807) is 12.1 Å². The van der Waals surface area contributed by atoms with E-state index in [4.69, 9.17) is 5.73 Å². The van der Waals surface area contributed by atoms with Gasteiger partial charge in [-0.1, -0.05) is 26.0 Å². The smallest absolute Gasteiger partial charge is 0.368 e. The molecule has 0 radical (unpaired) electrons. The van der Waals surface area contributed by atoms with Crippen LogP contribution in [0, 0.1) is 17.8 Å². The molecule has 2 fully saturated rings. The van der Waals surface area contributed by atoms with Crippen LogP contribution in [0.15, 0.2) is 24.3 Å². The second kappa shape index (κ2) is 7.80. The Kier molecular flexibility index (Phi) is 5.82. The fourth-order valence-electron chi connectivity index (χ4n) is 4.58. The zero-order valence-electron chi connectivity index (χ0n) is 15.8. The van der Waals surface area contributed by atoms with Crippen LogP contribution in [-0.4, -0.2) is 36.0 Å². The Morgan fingerprint density at radius 3 is 2.44 bits per heavy atom. The van der Waals surface area contributed by atoms with Crippen molar-refractivity contribution in [2.75, 3.05) is 13.1 Å². The number of likely N-dealkylation sites (tertiary alicyclic amines) is 1. The summed E-state index contributed by atoms with van der Waals surface area (Å²) < 4.78 is 38.1. The summed E-state index contributed by atoms with van der Waals surface area (Å²) >= 11 is 0. The molecule has 1 aromatic carbocycles. The molecule has 0 bridgehead atoms. The number of halogens is 3. The summed E-state index contributed by atoms with van der Waals surface area (Å²) in [5.41, 5.74) is 5.82. The van der Waals surface area contributed by atoms with Gasteiger partial charge in [-0.2, -0.15) is 13.2 Å². The highest BCUT2D eigenvalue weighted by molar-refractivity contribution is 5.80. The Labute approximate surface area is 158 Å². The highest BCUT2D eigenvalue weighted by atomic mass is 19.4.